The van der Waals surface area contributed by atoms with Crippen molar-refractivity contribution in [1.82, 2.24) is 4.90 Å². The lowest BCUT2D eigenvalue weighted by Gasteiger charge is -2.05. The van der Waals surface area contributed by atoms with Crippen LogP contribution >= 0.6 is 24.0 Å². The van der Waals surface area contributed by atoms with Crippen LogP contribution in [0.1, 0.15) is 6.42 Å². The van der Waals surface area contributed by atoms with Crippen molar-refractivity contribution >= 4 is 24.0 Å². The van der Waals surface area contributed by atoms with E-state index in [-0.39, 0.29) is 17.9 Å². The Morgan fingerprint density at radius 1 is 1.33 bits per heavy atom. The summed E-state index contributed by atoms with van der Waals surface area (Å²) in [6.07, 6.45) is 1.09. The van der Waals surface area contributed by atoms with Crippen molar-refractivity contribution in [2.45, 2.75) is 6.42 Å². The third-order valence-electron chi connectivity index (χ3n) is 0.739. The highest BCUT2D eigenvalue weighted by Crippen LogP contribution is 1.84. The summed E-state index contributed by atoms with van der Waals surface area (Å²) in [6.45, 7) is 1.10. The molecule has 60 valence electrons. The topological polar surface area (TPSA) is 34.7 Å². The van der Waals surface area contributed by atoms with Gasteiger partial charge in [0.05, 0.1) is 0 Å². The second-order valence-electron chi connectivity index (χ2n) is 1.85. The molecule has 0 aromatic heterocycles. The predicted octanol–water partition coefficient (Wildman–Crippen LogP) is 0.774. The van der Waals surface area contributed by atoms with Crippen LogP contribution in [0.2, 0.25) is 0 Å². The highest BCUT2D eigenvalue weighted by atomic mass is 35.5. The van der Waals surface area contributed by atoms with Crippen molar-refractivity contribution in [1.29, 1.82) is 0 Å². The molecule has 0 spiro atoms. The van der Waals surface area contributed by atoms with Crippen molar-refractivity contribution < 1.29 is 5.48 Å². The zero-order chi connectivity index (χ0) is 5.70. The third kappa shape index (κ3) is 17.7. The summed E-state index contributed by atoms with van der Waals surface area (Å²) in [5.41, 5.74) is 0. The van der Waals surface area contributed by atoms with Gasteiger partial charge in [-0.05, 0) is 27.1 Å². The van der Waals surface area contributed by atoms with Crippen LogP contribution in [0.3, 0.4) is 0 Å². The highest BCUT2D eigenvalue weighted by Gasteiger charge is 1.84. The molecule has 2 N–H and O–H groups in total. The number of alkyl halides is 1. The Kier molecular flexibility index (Phi) is 20.4. The molecular formula is C5H15Cl2NO. The maximum atomic E-state index is 5.42. The first-order chi connectivity index (χ1) is 3.27. The first-order valence-electron chi connectivity index (χ1n) is 2.48. The zero-order valence-electron chi connectivity index (χ0n) is 5.85. The molecule has 0 bridgehead atoms. The average Bonchev–Trinajstić information content (AvgIpc) is 1.61. The summed E-state index contributed by atoms with van der Waals surface area (Å²) >= 11 is 5.42. The van der Waals surface area contributed by atoms with E-state index in [9.17, 15) is 0 Å². The van der Waals surface area contributed by atoms with Gasteiger partial charge < -0.3 is 10.4 Å². The first kappa shape index (κ1) is 16.2. The lowest BCUT2D eigenvalue weighted by Crippen LogP contribution is -2.12. The van der Waals surface area contributed by atoms with E-state index >= 15 is 0 Å². The summed E-state index contributed by atoms with van der Waals surface area (Å²) in [5, 5.41) is 0. The molecule has 0 amide bonds. The van der Waals surface area contributed by atoms with Crippen LogP contribution in [-0.2, 0) is 0 Å². The standard InChI is InChI=1S/C5H12ClN.ClH.H2O/c1-7(2)5-3-4-6;;/h3-5H2,1-2H3;1H;1H2. The van der Waals surface area contributed by atoms with Gasteiger partial charge in [-0.1, -0.05) is 0 Å². The molecule has 0 aliphatic heterocycles. The van der Waals surface area contributed by atoms with Crippen LogP contribution in [0.4, 0.5) is 0 Å². The summed E-state index contributed by atoms with van der Waals surface area (Å²) in [7, 11) is 4.10. The number of nitrogens with zero attached hydrogens (tertiary/aromatic N) is 1. The molecule has 0 saturated carbocycles. The fourth-order valence-electron chi connectivity index (χ4n) is 0.376. The van der Waals surface area contributed by atoms with E-state index in [1.54, 1.807) is 0 Å². The molecule has 0 fully saturated rings. The van der Waals surface area contributed by atoms with E-state index in [2.05, 4.69) is 4.90 Å². The molecule has 9 heavy (non-hydrogen) atoms. The van der Waals surface area contributed by atoms with Gasteiger partial charge in [0.2, 0.25) is 0 Å². The minimum Gasteiger partial charge on any atom is -0.412 e. The molecule has 0 rings (SSSR count). The van der Waals surface area contributed by atoms with E-state index in [0.717, 1.165) is 18.8 Å². The Hall–Kier alpha value is 0.500. The van der Waals surface area contributed by atoms with Gasteiger partial charge in [-0.3, -0.25) is 0 Å². The monoisotopic (exact) mass is 175 g/mol. The van der Waals surface area contributed by atoms with Crippen LogP contribution in [0.15, 0.2) is 0 Å². The summed E-state index contributed by atoms with van der Waals surface area (Å²) in [5.74, 6) is 0.776. The van der Waals surface area contributed by atoms with Crippen molar-refractivity contribution in [3.8, 4) is 0 Å². The third-order valence-corrected chi connectivity index (χ3v) is 1.01. The van der Waals surface area contributed by atoms with Gasteiger partial charge in [-0.2, -0.15) is 0 Å². The normalized spacial score (nSPS) is 8.00. The Morgan fingerprint density at radius 3 is 1.89 bits per heavy atom. The van der Waals surface area contributed by atoms with Crippen molar-refractivity contribution in [2.75, 3.05) is 26.5 Å². The molecule has 4 heteroatoms. The molecule has 0 aliphatic rings. The SMILES string of the molecule is CN(C)CCCCl.Cl.O. The number of rotatable bonds is 3. The molecule has 2 nitrogen and oxygen atoms in total. The van der Waals surface area contributed by atoms with Crippen molar-refractivity contribution in [3.05, 3.63) is 0 Å². The number of hydrogen-bond donors (Lipinski definition) is 0. The summed E-state index contributed by atoms with van der Waals surface area (Å²) in [4.78, 5) is 2.13. The van der Waals surface area contributed by atoms with E-state index < -0.39 is 0 Å². The summed E-state index contributed by atoms with van der Waals surface area (Å²) < 4.78 is 0. The second-order valence-corrected chi connectivity index (χ2v) is 2.22. The Labute approximate surface area is 67.9 Å². The molecule has 0 aromatic rings. The van der Waals surface area contributed by atoms with Crippen molar-refractivity contribution in [3.63, 3.8) is 0 Å². The first-order valence-corrected chi connectivity index (χ1v) is 3.01. The Bertz CT molecular complexity index is 43.9. The molecule has 0 atom stereocenters. The minimum atomic E-state index is 0. The van der Waals surface area contributed by atoms with Gasteiger partial charge in [0.1, 0.15) is 0 Å². The molecule has 0 unspecified atom stereocenters. The molecule has 0 radical (unpaired) electrons. The van der Waals surface area contributed by atoms with Gasteiger partial charge >= 0.3 is 0 Å². The van der Waals surface area contributed by atoms with Gasteiger partial charge in [-0.25, -0.2) is 0 Å². The molecule has 0 saturated heterocycles. The molecule has 0 aromatic carbocycles. The zero-order valence-corrected chi connectivity index (χ0v) is 7.43. The maximum absolute atomic E-state index is 5.42. The fourth-order valence-corrected chi connectivity index (χ4v) is 0.496. The van der Waals surface area contributed by atoms with E-state index in [0.29, 0.717) is 0 Å². The highest BCUT2D eigenvalue weighted by molar-refractivity contribution is 6.17. The maximum Gasteiger partial charge on any atom is 0.0235 e. The Balaban J connectivity index is -0.000000180. The number of halogens is 2. The average molecular weight is 176 g/mol. The quantitative estimate of drug-likeness (QED) is 0.585. The minimum absolute atomic E-state index is 0. The van der Waals surface area contributed by atoms with Crippen LogP contribution in [0, 0.1) is 0 Å². The predicted molar refractivity (Wildman–Crippen MR) is 44.8 cm³/mol. The smallest absolute Gasteiger partial charge is 0.0235 e. The largest absolute Gasteiger partial charge is 0.412 e. The van der Waals surface area contributed by atoms with E-state index in [1.807, 2.05) is 14.1 Å². The second kappa shape index (κ2) is 11.3. The van der Waals surface area contributed by atoms with Crippen molar-refractivity contribution in [2.24, 2.45) is 0 Å². The Morgan fingerprint density at radius 2 is 1.78 bits per heavy atom. The lowest BCUT2D eigenvalue weighted by molar-refractivity contribution is 0.409. The van der Waals surface area contributed by atoms with Crippen LogP contribution in [-0.4, -0.2) is 36.9 Å². The van der Waals surface area contributed by atoms with Gasteiger partial charge in [0.25, 0.3) is 0 Å². The van der Waals surface area contributed by atoms with Gasteiger partial charge in [0, 0.05) is 5.88 Å². The van der Waals surface area contributed by atoms with Crippen LogP contribution < -0.4 is 0 Å². The van der Waals surface area contributed by atoms with E-state index in [1.165, 1.54) is 0 Å². The molecular weight excluding hydrogens is 161 g/mol. The van der Waals surface area contributed by atoms with E-state index in [4.69, 9.17) is 11.6 Å². The summed E-state index contributed by atoms with van der Waals surface area (Å²) in [6, 6.07) is 0. The van der Waals surface area contributed by atoms with Crippen LogP contribution in [0.5, 0.6) is 0 Å². The van der Waals surface area contributed by atoms with Crippen LogP contribution in [0.25, 0.3) is 0 Å². The fraction of sp³-hybridized carbons (Fsp3) is 1.00. The lowest BCUT2D eigenvalue weighted by atomic mass is 10.5. The molecule has 0 heterocycles. The van der Waals surface area contributed by atoms with Gasteiger partial charge in [-0.15, -0.1) is 24.0 Å². The van der Waals surface area contributed by atoms with Gasteiger partial charge in [0.15, 0.2) is 0 Å². The molecule has 0 aliphatic carbocycles. The number of hydrogen-bond acceptors (Lipinski definition) is 1.